The summed E-state index contributed by atoms with van der Waals surface area (Å²) in [6.45, 7) is 9.27. The Balaban J connectivity index is 1.81. The third-order valence-corrected chi connectivity index (χ3v) is 4.44. The molecular weight excluding hydrogens is 370 g/mol. The molecule has 1 aromatic rings. The molecule has 0 bridgehead atoms. The highest BCUT2D eigenvalue weighted by atomic mass is 16.6. The van der Waals surface area contributed by atoms with E-state index >= 15 is 0 Å². The number of carbonyl (C=O) groups is 3. The number of amides is 3. The lowest BCUT2D eigenvalue weighted by molar-refractivity contribution is -0.131. The van der Waals surface area contributed by atoms with Gasteiger partial charge in [0.2, 0.25) is 11.8 Å². The van der Waals surface area contributed by atoms with E-state index in [1.54, 1.807) is 42.7 Å². The lowest BCUT2D eigenvalue weighted by atomic mass is 10.1. The number of nitrogens with one attached hydrogen (secondary N) is 1. The van der Waals surface area contributed by atoms with Crippen LogP contribution in [0.5, 0.6) is 0 Å². The highest BCUT2D eigenvalue weighted by molar-refractivity contribution is 5.92. The van der Waals surface area contributed by atoms with Crippen molar-refractivity contribution in [3.63, 3.8) is 0 Å². The molecule has 7 nitrogen and oxygen atoms in total. The normalized spacial score (nSPS) is 15.2. The van der Waals surface area contributed by atoms with Gasteiger partial charge in [-0.2, -0.15) is 0 Å². The molecule has 1 fully saturated rings. The maximum atomic E-state index is 12.5. The lowest BCUT2D eigenvalue weighted by Crippen LogP contribution is -2.43. The standard InChI is InChI=1S/C22H31N3O4/c1-17-6-8-18(9-7-17)10-11-19(26)24-12-5-13-25(15-14-24)20(27)16-23-21(28)29-22(2,3)4/h6-11H,5,12-16H2,1-4H3,(H,23,28)/b11-10+. The largest absolute Gasteiger partial charge is 0.444 e. The van der Waals surface area contributed by atoms with Crippen LogP contribution in [0.1, 0.15) is 38.3 Å². The Bertz CT molecular complexity index is 750. The summed E-state index contributed by atoms with van der Waals surface area (Å²) in [6.07, 6.45) is 3.47. The van der Waals surface area contributed by atoms with Crippen LogP contribution in [0, 0.1) is 6.92 Å². The van der Waals surface area contributed by atoms with Crippen LogP contribution in [-0.2, 0) is 14.3 Å². The van der Waals surface area contributed by atoms with E-state index in [0.717, 1.165) is 5.56 Å². The van der Waals surface area contributed by atoms with Gasteiger partial charge in [-0.25, -0.2) is 4.79 Å². The Labute approximate surface area is 172 Å². The third kappa shape index (κ3) is 7.97. The van der Waals surface area contributed by atoms with Crippen molar-refractivity contribution in [1.29, 1.82) is 0 Å². The summed E-state index contributed by atoms with van der Waals surface area (Å²) in [5.74, 6) is -0.243. The molecule has 7 heteroatoms. The molecule has 2 rings (SSSR count). The molecule has 1 heterocycles. The number of nitrogens with zero attached hydrogens (tertiary/aromatic N) is 2. The van der Waals surface area contributed by atoms with Crippen molar-refractivity contribution < 1.29 is 19.1 Å². The van der Waals surface area contributed by atoms with Crippen molar-refractivity contribution >= 4 is 24.0 Å². The highest BCUT2D eigenvalue weighted by Gasteiger charge is 2.22. The number of hydrogen-bond acceptors (Lipinski definition) is 4. The second-order valence-electron chi connectivity index (χ2n) is 8.16. The number of rotatable bonds is 4. The van der Waals surface area contributed by atoms with Crippen molar-refractivity contribution in [3.8, 4) is 0 Å². The predicted molar refractivity (Wildman–Crippen MR) is 112 cm³/mol. The zero-order valence-corrected chi connectivity index (χ0v) is 17.7. The Morgan fingerprint density at radius 3 is 2.31 bits per heavy atom. The summed E-state index contributed by atoms with van der Waals surface area (Å²) in [6, 6.07) is 7.95. The van der Waals surface area contributed by atoms with Crippen molar-refractivity contribution in [3.05, 3.63) is 41.5 Å². The SMILES string of the molecule is Cc1ccc(/C=C/C(=O)N2CCCN(C(=O)CNC(=O)OC(C)(C)C)CC2)cc1. The van der Waals surface area contributed by atoms with Gasteiger partial charge in [0.1, 0.15) is 12.1 Å². The second-order valence-corrected chi connectivity index (χ2v) is 8.16. The van der Waals surface area contributed by atoms with E-state index in [9.17, 15) is 14.4 Å². The molecule has 0 atom stereocenters. The average Bonchev–Trinajstić information content (AvgIpc) is 2.90. The summed E-state index contributed by atoms with van der Waals surface area (Å²) in [7, 11) is 0. The highest BCUT2D eigenvalue weighted by Crippen LogP contribution is 2.09. The first kappa shape index (κ1) is 22.5. The van der Waals surface area contributed by atoms with Gasteiger partial charge in [0, 0.05) is 32.3 Å². The van der Waals surface area contributed by atoms with E-state index in [1.165, 1.54) is 5.56 Å². The number of ether oxygens (including phenoxy) is 1. The quantitative estimate of drug-likeness (QED) is 0.787. The Morgan fingerprint density at radius 2 is 1.66 bits per heavy atom. The van der Waals surface area contributed by atoms with E-state index in [2.05, 4.69) is 5.32 Å². The van der Waals surface area contributed by atoms with Crippen molar-refractivity contribution in [2.45, 2.75) is 39.7 Å². The zero-order chi connectivity index (χ0) is 21.4. The molecule has 3 amide bonds. The molecule has 0 unspecified atom stereocenters. The number of hydrogen-bond donors (Lipinski definition) is 1. The summed E-state index contributed by atoms with van der Waals surface area (Å²) in [5.41, 5.74) is 1.54. The molecular formula is C22H31N3O4. The topological polar surface area (TPSA) is 79.0 Å². The molecule has 0 aliphatic carbocycles. The average molecular weight is 402 g/mol. The van der Waals surface area contributed by atoms with Crippen LogP contribution in [-0.4, -0.2) is 66.0 Å². The molecule has 29 heavy (non-hydrogen) atoms. The van der Waals surface area contributed by atoms with Crippen LogP contribution in [0.3, 0.4) is 0 Å². The van der Waals surface area contributed by atoms with Crippen LogP contribution in [0.15, 0.2) is 30.3 Å². The van der Waals surface area contributed by atoms with Crippen molar-refractivity contribution in [1.82, 2.24) is 15.1 Å². The third-order valence-electron chi connectivity index (χ3n) is 4.44. The van der Waals surface area contributed by atoms with Crippen molar-refractivity contribution in [2.75, 3.05) is 32.7 Å². The van der Waals surface area contributed by atoms with Crippen LogP contribution >= 0.6 is 0 Å². The number of aryl methyl sites for hydroxylation is 1. The molecule has 1 saturated heterocycles. The lowest BCUT2D eigenvalue weighted by Gasteiger charge is -2.23. The minimum absolute atomic E-state index is 0.0632. The molecule has 0 radical (unpaired) electrons. The molecule has 0 saturated carbocycles. The minimum Gasteiger partial charge on any atom is -0.444 e. The molecule has 0 aromatic heterocycles. The number of carbonyl (C=O) groups excluding carboxylic acids is 3. The Kier molecular flexibility index (Phi) is 7.82. The molecule has 158 valence electrons. The molecule has 0 spiro atoms. The maximum absolute atomic E-state index is 12.5. The van der Waals surface area contributed by atoms with Gasteiger partial charge in [-0.1, -0.05) is 29.8 Å². The van der Waals surface area contributed by atoms with E-state index in [-0.39, 0.29) is 18.4 Å². The van der Waals surface area contributed by atoms with Gasteiger partial charge in [0.15, 0.2) is 0 Å². The van der Waals surface area contributed by atoms with Gasteiger partial charge in [-0.3, -0.25) is 9.59 Å². The van der Waals surface area contributed by atoms with Crippen LogP contribution in [0.2, 0.25) is 0 Å². The van der Waals surface area contributed by atoms with Gasteiger partial charge in [-0.05, 0) is 45.8 Å². The first-order valence-corrected chi connectivity index (χ1v) is 9.92. The van der Waals surface area contributed by atoms with Gasteiger partial charge in [0.05, 0.1) is 0 Å². The smallest absolute Gasteiger partial charge is 0.408 e. The molecule has 1 aromatic carbocycles. The fourth-order valence-corrected chi connectivity index (χ4v) is 2.91. The van der Waals surface area contributed by atoms with E-state index in [1.807, 2.05) is 31.2 Å². The monoisotopic (exact) mass is 401 g/mol. The summed E-state index contributed by atoms with van der Waals surface area (Å²) in [4.78, 5) is 40.0. The van der Waals surface area contributed by atoms with Gasteiger partial charge in [-0.15, -0.1) is 0 Å². The fourth-order valence-electron chi connectivity index (χ4n) is 2.91. The molecule has 1 N–H and O–H groups in total. The Morgan fingerprint density at radius 1 is 1.03 bits per heavy atom. The van der Waals surface area contributed by atoms with Gasteiger partial charge in [0.25, 0.3) is 0 Å². The number of alkyl carbamates (subject to hydrolysis) is 1. The minimum atomic E-state index is -0.612. The van der Waals surface area contributed by atoms with Gasteiger partial charge >= 0.3 is 6.09 Å². The zero-order valence-electron chi connectivity index (χ0n) is 17.7. The van der Waals surface area contributed by atoms with E-state index in [4.69, 9.17) is 4.74 Å². The second kappa shape index (κ2) is 10.1. The van der Waals surface area contributed by atoms with Crippen LogP contribution < -0.4 is 5.32 Å². The van der Waals surface area contributed by atoms with E-state index in [0.29, 0.717) is 32.6 Å². The fraction of sp³-hybridized carbons (Fsp3) is 0.500. The Hall–Kier alpha value is -2.83. The first-order chi connectivity index (χ1) is 13.6. The molecule has 1 aliphatic rings. The van der Waals surface area contributed by atoms with E-state index < -0.39 is 11.7 Å². The van der Waals surface area contributed by atoms with Crippen LogP contribution in [0.4, 0.5) is 4.79 Å². The predicted octanol–water partition coefficient (Wildman–Crippen LogP) is 2.59. The number of benzene rings is 1. The summed E-state index contributed by atoms with van der Waals surface area (Å²) in [5, 5.41) is 2.49. The summed E-state index contributed by atoms with van der Waals surface area (Å²) < 4.78 is 5.14. The summed E-state index contributed by atoms with van der Waals surface area (Å²) >= 11 is 0. The maximum Gasteiger partial charge on any atom is 0.408 e. The van der Waals surface area contributed by atoms with Crippen LogP contribution in [0.25, 0.3) is 6.08 Å². The van der Waals surface area contributed by atoms with Crippen molar-refractivity contribution in [2.24, 2.45) is 0 Å². The molecule has 1 aliphatic heterocycles. The first-order valence-electron chi connectivity index (χ1n) is 9.92. The van der Waals surface area contributed by atoms with Gasteiger partial charge < -0.3 is 19.9 Å².